The molecule has 0 unspecified atom stereocenters. The SMILES string of the molecule is CC1(C)c2ccccc2N(c2cccc(-c3nc(-c4ccccn4)cc(-c4ccccn4)n3)c2)c2cc3ccccc3cc21. The van der Waals surface area contributed by atoms with Gasteiger partial charge in [0.2, 0.25) is 0 Å². The van der Waals surface area contributed by atoms with Gasteiger partial charge in [0.05, 0.1) is 34.2 Å². The van der Waals surface area contributed by atoms with Gasteiger partial charge in [-0.1, -0.05) is 80.6 Å². The van der Waals surface area contributed by atoms with Crippen molar-refractivity contribution in [3.8, 4) is 34.2 Å². The molecule has 3 aromatic heterocycles. The Bertz CT molecular complexity index is 2100. The zero-order valence-electron chi connectivity index (χ0n) is 24.5. The maximum Gasteiger partial charge on any atom is 0.160 e. The molecule has 0 radical (unpaired) electrons. The van der Waals surface area contributed by atoms with Crippen LogP contribution >= 0.6 is 0 Å². The summed E-state index contributed by atoms with van der Waals surface area (Å²) in [6.07, 6.45) is 3.57. The lowest BCUT2D eigenvalue weighted by Gasteiger charge is -2.42. The van der Waals surface area contributed by atoms with Crippen molar-refractivity contribution < 1.29 is 0 Å². The maximum atomic E-state index is 5.02. The number of para-hydroxylation sites is 1. The zero-order valence-corrected chi connectivity index (χ0v) is 24.5. The third kappa shape index (κ3) is 4.33. The van der Waals surface area contributed by atoms with Crippen LogP contribution in [0.5, 0.6) is 0 Å². The molecule has 0 fully saturated rings. The predicted molar refractivity (Wildman–Crippen MR) is 178 cm³/mol. The van der Waals surface area contributed by atoms with Gasteiger partial charge in [-0.2, -0.15) is 0 Å². The van der Waals surface area contributed by atoms with E-state index in [1.54, 1.807) is 12.4 Å². The zero-order chi connectivity index (χ0) is 29.7. The van der Waals surface area contributed by atoms with Crippen LogP contribution in [0.4, 0.5) is 17.1 Å². The average Bonchev–Trinajstić information content (AvgIpc) is 3.08. The highest BCUT2D eigenvalue weighted by Crippen LogP contribution is 2.52. The number of benzene rings is 4. The van der Waals surface area contributed by atoms with Crippen LogP contribution in [0.2, 0.25) is 0 Å². The Morgan fingerprint density at radius 1 is 0.500 bits per heavy atom. The van der Waals surface area contributed by atoms with E-state index >= 15 is 0 Å². The number of rotatable bonds is 4. The first-order valence-corrected chi connectivity index (χ1v) is 14.8. The first-order chi connectivity index (χ1) is 21.6. The Hall–Kier alpha value is -5.68. The van der Waals surface area contributed by atoms with Crippen LogP contribution in [0.15, 0.2) is 140 Å². The lowest BCUT2D eigenvalue weighted by molar-refractivity contribution is 0.633. The number of anilines is 3. The van der Waals surface area contributed by atoms with Gasteiger partial charge < -0.3 is 4.90 Å². The Morgan fingerprint density at radius 2 is 1.14 bits per heavy atom. The van der Waals surface area contributed by atoms with Crippen LogP contribution in [0.25, 0.3) is 44.9 Å². The normalized spacial score (nSPS) is 13.4. The van der Waals surface area contributed by atoms with Crippen molar-refractivity contribution in [2.75, 3.05) is 4.90 Å². The Kier molecular flexibility index (Phi) is 6.05. The highest BCUT2D eigenvalue weighted by molar-refractivity contribution is 5.95. The van der Waals surface area contributed by atoms with E-state index in [1.165, 1.54) is 33.3 Å². The average molecular weight is 568 g/mol. The predicted octanol–water partition coefficient (Wildman–Crippen LogP) is 9.53. The molecule has 5 nitrogen and oxygen atoms in total. The minimum absolute atomic E-state index is 0.165. The maximum absolute atomic E-state index is 5.02. The molecule has 4 heterocycles. The first kappa shape index (κ1) is 26.0. The lowest BCUT2D eigenvalue weighted by Crippen LogP contribution is -2.30. The number of hydrogen-bond donors (Lipinski definition) is 0. The third-order valence-electron chi connectivity index (χ3n) is 8.54. The molecule has 0 atom stereocenters. The van der Waals surface area contributed by atoms with Crippen molar-refractivity contribution in [3.63, 3.8) is 0 Å². The summed E-state index contributed by atoms with van der Waals surface area (Å²) in [5, 5.41) is 2.46. The van der Waals surface area contributed by atoms with Gasteiger partial charge in [-0.05, 0) is 82.6 Å². The molecule has 44 heavy (non-hydrogen) atoms. The van der Waals surface area contributed by atoms with Crippen LogP contribution < -0.4 is 4.90 Å². The molecular formula is C39H29N5. The monoisotopic (exact) mass is 567 g/mol. The number of hydrogen-bond acceptors (Lipinski definition) is 5. The molecule has 0 saturated carbocycles. The first-order valence-electron chi connectivity index (χ1n) is 14.8. The van der Waals surface area contributed by atoms with Crippen molar-refractivity contribution in [1.82, 2.24) is 19.9 Å². The van der Waals surface area contributed by atoms with E-state index in [4.69, 9.17) is 9.97 Å². The number of aromatic nitrogens is 4. The second kappa shape index (κ2) is 10.2. The smallest absolute Gasteiger partial charge is 0.160 e. The van der Waals surface area contributed by atoms with Crippen molar-refractivity contribution in [3.05, 3.63) is 151 Å². The fourth-order valence-corrected chi connectivity index (χ4v) is 6.32. The third-order valence-corrected chi connectivity index (χ3v) is 8.54. The largest absolute Gasteiger partial charge is 0.310 e. The fourth-order valence-electron chi connectivity index (χ4n) is 6.32. The van der Waals surface area contributed by atoms with Crippen molar-refractivity contribution in [2.45, 2.75) is 19.3 Å². The highest BCUT2D eigenvalue weighted by Gasteiger charge is 2.37. The summed E-state index contributed by atoms with van der Waals surface area (Å²) in [6.45, 7) is 4.65. The van der Waals surface area contributed by atoms with Crippen LogP contribution in [-0.4, -0.2) is 19.9 Å². The van der Waals surface area contributed by atoms with Crippen LogP contribution in [0.1, 0.15) is 25.0 Å². The summed E-state index contributed by atoms with van der Waals surface area (Å²) in [5.74, 6) is 0.625. The summed E-state index contributed by atoms with van der Waals surface area (Å²) >= 11 is 0. The van der Waals surface area contributed by atoms with Crippen molar-refractivity contribution in [1.29, 1.82) is 0 Å². The molecule has 0 aliphatic carbocycles. The molecule has 0 bridgehead atoms. The van der Waals surface area contributed by atoms with E-state index in [1.807, 2.05) is 42.5 Å². The van der Waals surface area contributed by atoms with E-state index in [9.17, 15) is 0 Å². The molecule has 5 heteroatoms. The summed E-state index contributed by atoms with van der Waals surface area (Å²) in [5.41, 5.74) is 9.83. The second-order valence-corrected chi connectivity index (χ2v) is 11.6. The molecule has 0 amide bonds. The van der Waals surface area contributed by atoms with Gasteiger partial charge in [-0.15, -0.1) is 0 Å². The van der Waals surface area contributed by atoms with Crippen LogP contribution in [-0.2, 0) is 5.41 Å². The van der Waals surface area contributed by atoms with Gasteiger partial charge in [-0.25, -0.2) is 9.97 Å². The second-order valence-electron chi connectivity index (χ2n) is 11.6. The summed E-state index contributed by atoms with van der Waals surface area (Å²) in [4.78, 5) is 21.6. The summed E-state index contributed by atoms with van der Waals surface area (Å²) in [6, 6.07) is 44.2. The van der Waals surface area contributed by atoms with Gasteiger partial charge in [0.1, 0.15) is 0 Å². The lowest BCUT2D eigenvalue weighted by atomic mass is 9.73. The van der Waals surface area contributed by atoms with Gasteiger partial charge in [0.15, 0.2) is 5.82 Å². The Labute approximate surface area is 256 Å². The van der Waals surface area contributed by atoms with E-state index in [2.05, 4.69) is 114 Å². The molecule has 210 valence electrons. The van der Waals surface area contributed by atoms with Gasteiger partial charge in [0, 0.05) is 29.1 Å². The molecule has 8 rings (SSSR count). The molecule has 1 aliphatic rings. The van der Waals surface area contributed by atoms with E-state index < -0.39 is 0 Å². The molecule has 7 aromatic rings. The highest BCUT2D eigenvalue weighted by atomic mass is 15.2. The topological polar surface area (TPSA) is 54.8 Å². The van der Waals surface area contributed by atoms with Crippen LogP contribution in [0.3, 0.4) is 0 Å². The fraction of sp³-hybridized carbons (Fsp3) is 0.0769. The molecule has 1 aliphatic heterocycles. The molecular weight excluding hydrogens is 538 g/mol. The van der Waals surface area contributed by atoms with Crippen molar-refractivity contribution >= 4 is 27.8 Å². The van der Waals surface area contributed by atoms with E-state index in [0.29, 0.717) is 5.82 Å². The van der Waals surface area contributed by atoms with Gasteiger partial charge in [0.25, 0.3) is 0 Å². The molecule has 4 aromatic carbocycles. The minimum Gasteiger partial charge on any atom is -0.310 e. The molecule has 0 saturated heterocycles. The van der Waals surface area contributed by atoms with Gasteiger partial charge in [-0.3, -0.25) is 9.97 Å². The summed E-state index contributed by atoms with van der Waals surface area (Å²) < 4.78 is 0. The van der Waals surface area contributed by atoms with E-state index in [-0.39, 0.29) is 5.41 Å². The van der Waals surface area contributed by atoms with Crippen LogP contribution in [0, 0.1) is 0 Å². The van der Waals surface area contributed by atoms with Gasteiger partial charge >= 0.3 is 0 Å². The number of nitrogens with zero attached hydrogens (tertiary/aromatic N) is 5. The Balaban J connectivity index is 1.33. The Morgan fingerprint density at radius 3 is 1.82 bits per heavy atom. The summed E-state index contributed by atoms with van der Waals surface area (Å²) in [7, 11) is 0. The minimum atomic E-state index is -0.165. The molecule has 0 spiro atoms. The van der Waals surface area contributed by atoms with Crippen molar-refractivity contribution in [2.24, 2.45) is 0 Å². The standard InChI is InChI=1S/C39H29N5/c1-39(2)30-16-5-6-19-36(30)44(37-24-27-13-4-3-12-26(27)23-31(37)39)29-15-11-14-28(22-29)38-42-34(32-17-7-9-20-40-32)25-35(43-38)33-18-8-10-21-41-33/h3-25H,1-2H3. The molecule has 0 N–H and O–H groups in total. The number of pyridine rings is 2. The van der Waals surface area contributed by atoms with E-state index in [0.717, 1.165) is 34.0 Å². The number of fused-ring (bicyclic) bond motifs is 3. The quantitative estimate of drug-likeness (QED) is 0.212.